The summed E-state index contributed by atoms with van der Waals surface area (Å²) in [6.45, 7) is 4.24. The van der Waals surface area contributed by atoms with Crippen LogP contribution in [0, 0.1) is 5.92 Å². The van der Waals surface area contributed by atoms with Crippen LogP contribution in [0.2, 0.25) is 0 Å². The number of carbonyl (C=O) groups is 1. The van der Waals surface area contributed by atoms with Gasteiger partial charge in [-0.3, -0.25) is 9.48 Å². The maximum Gasteiger partial charge on any atom is 0.251 e. The van der Waals surface area contributed by atoms with Crippen LogP contribution in [-0.2, 0) is 7.05 Å². The average molecular weight is 338 g/mol. The van der Waals surface area contributed by atoms with Gasteiger partial charge in [-0.2, -0.15) is 5.10 Å². The van der Waals surface area contributed by atoms with Crippen LogP contribution in [0.3, 0.4) is 0 Å². The number of amides is 1. The highest BCUT2D eigenvalue weighted by molar-refractivity contribution is 5.95. The number of nitrogens with zero attached hydrogens (tertiary/aromatic N) is 3. The second-order valence-corrected chi connectivity index (χ2v) is 6.46. The lowest BCUT2D eigenvalue weighted by molar-refractivity contribution is 0.0929. The van der Waals surface area contributed by atoms with E-state index in [-0.39, 0.29) is 11.9 Å². The molecule has 130 valence electrons. The van der Waals surface area contributed by atoms with Crippen molar-refractivity contribution in [3.05, 3.63) is 60.4 Å². The van der Waals surface area contributed by atoms with Gasteiger partial charge in [0, 0.05) is 18.2 Å². The summed E-state index contributed by atoms with van der Waals surface area (Å²) < 4.78 is 7.11. The molecule has 0 radical (unpaired) electrons. The van der Waals surface area contributed by atoms with Crippen LogP contribution in [0.15, 0.2) is 53.4 Å². The van der Waals surface area contributed by atoms with E-state index in [2.05, 4.69) is 29.2 Å². The Kier molecular flexibility index (Phi) is 4.97. The molecule has 0 fully saturated rings. The van der Waals surface area contributed by atoms with Crippen molar-refractivity contribution >= 4 is 5.91 Å². The van der Waals surface area contributed by atoms with Crippen molar-refractivity contribution in [1.29, 1.82) is 0 Å². The summed E-state index contributed by atoms with van der Waals surface area (Å²) in [5.41, 5.74) is 1.46. The van der Waals surface area contributed by atoms with E-state index in [1.165, 1.54) is 6.33 Å². The summed E-state index contributed by atoms with van der Waals surface area (Å²) in [6, 6.07) is 10.9. The van der Waals surface area contributed by atoms with Gasteiger partial charge < -0.3 is 9.73 Å². The number of carbonyl (C=O) groups excluding carboxylic acids is 1. The minimum absolute atomic E-state index is 0.137. The first-order chi connectivity index (χ1) is 12.0. The number of nitrogens with one attached hydrogen (secondary N) is 1. The third-order valence-corrected chi connectivity index (χ3v) is 4.00. The molecule has 1 amide bonds. The second-order valence-electron chi connectivity index (χ2n) is 6.46. The van der Waals surface area contributed by atoms with Crippen molar-refractivity contribution in [3.8, 4) is 11.3 Å². The summed E-state index contributed by atoms with van der Waals surface area (Å²) in [4.78, 5) is 17.1. The molecular formula is C19H22N4O2. The van der Waals surface area contributed by atoms with E-state index < -0.39 is 0 Å². The third-order valence-electron chi connectivity index (χ3n) is 4.00. The molecule has 0 aliphatic carbocycles. The van der Waals surface area contributed by atoms with Gasteiger partial charge >= 0.3 is 0 Å². The first-order valence-corrected chi connectivity index (χ1v) is 8.33. The van der Waals surface area contributed by atoms with Gasteiger partial charge in [0.15, 0.2) is 0 Å². The van der Waals surface area contributed by atoms with Crippen LogP contribution < -0.4 is 5.32 Å². The van der Waals surface area contributed by atoms with Crippen LogP contribution in [0.1, 0.15) is 42.5 Å². The number of aryl methyl sites for hydroxylation is 1. The van der Waals surface area contributed by atoms with Crippen LogP contribution >= 0.6 is 0 Å². The SMILES string of the molecule is CC(C)C[C@@H](NC(=O)c1cccc(-c2ccco2)c1)c1ncnn1C. The van der Waals surface area contributed by atoms with Crippen LogP contribution in [0.4, 0.5) is 0 Å². The molecule has 0 spiro atoms. The number of hydrogen-bond acceptors (Lipinski definition) is 4. The molecule has 2 heterocycles. The Morgan fingerprint density at radius 1 is 1.28 bits per heavy atom. The summed E-state index contributed by atoms with van der Waals surface area (Å²) >= 11 is 0. The van der Waals surface area contributed by atoms with E-state index in [9.17, 15) is 4.79 Å². The molecule has 25 heavy (non-hydrogen) atoms. The minimum Gasteiger partial charge on any atom is -0.464 e. The standard InChI is InChI=1S/C19H22N4O2/c1-13(2)10-16(18-20-12-21-23(18)3)22-19(24)15-7-4-6-14(11-15)17-8-5-9-25-17/h4-9,11-13,16H,10H2,1-3H3,(H,22,24)/t16-/m1/s1. The smallest absolute Gasteiger partial charge is 0.251 e. The second kappa shape index (κ2) is 7.34. The number of rotatable bonds is 6. The fourth-order valence-electron chi connectivity index (χ4n) is 2.82. The van der Waals surface area contributed by atoms with Crippen molar-refractivity contribution in [2.45, 2.75) is 26.3 Å². The fourth-order valence-corrected chi connectivity index (χ4v) is 2.82. The highest BCUT2D eigenvalue weighted by Crippen LogP contribution is 2.23. The lowest BCUT2D eigenvalue weighted by atomic mass is 10.0. The molecule has 2 aromatic heterocycles. The number of furan rings is 1. The van der Waals surface area contributed by atoms with Crippen molar-refractivity contribution in [1.82, 2.24) is 20.1 Å². The molecule has 0 unspecified atom stereocenters. The van der Waals surface area contributed by atoms with E-state index in [1.807, 2.05) is 37.4 Å². The van der Waals surface area contributed by atoms with Crippen LogP contribution in [0.5, 0.6) is 0 Å². The highest BCUT2D eigenvalue weighted by Gasteiger charge is 2.21. The molecule has 6 heteroatoms. The van der Waals surface area contributed by atoms with Gasteiger partial charge in [0.1, 0.15) is 17.9 Å². The van der Waals surface area contributed by atoms with E-state index in [4.69, 9.17) is 4.42 Å². The molecule has 0 aliphatic rings. The summed E-state index contributed by atoms with van der Waals surface area (Å²) in [5, 5.41) is 7.20. The van der Waals surface area contributed by atoms with Crippen LogP contribution in [0.25, 0.3) is 11.3 Å². The monoisotopic (exact) mass is 338 g/mol. The number of aromatic nitrogens is 3. The zero-order chi connectivity index (χ0) is 17.8. The molecule has 6 nitrogen and oxygen atoms in total. The summed E-state index contributed by atoms with van der Waals surface area (Å²) in [7, 11) is 1.83. The van der Waals surface area contributed by atoms with Gasteiger partial charge in [-0.1, -0.05) is 26.0 Å². The maximum absolute atomic E-state index is 12.8. The third kappa shape index (κ3) is 3.96. The largest absolute Gasteiger partial charge is 0.464 e. The Bertz CT molecular complexity index is 837. The Hall–Kier alpha value is -2.89. The predicted molar refractivity (Wildman–Crippen MR) is 94.8 cm³/mol. The Labute approximate surface area is 146 Å². The first-order valence-electron chi connectivity index (χ1n) is 8.33. The van der Waals surface area contributed by atoms with E-state index in [0.29, 0.717) is 11.5 Å². The van der Waals surface area contributed by atoms with Crippen molar-refractivity contribution in [3.63, 3.8) is 0 Å². The quantitative estimate of drug-likeness (QED) is 0.745. The summed E-state index contributed by atoms with van der Waals surface area (Å²) in [6.07, 6.45) is 3.91. The highest BCUT2D eigenvalue weighted by atomic mass is 16.3. The number of hydrogen-bond donors (Lipinski definition) is 1. The molecule has 1 aromatic carbocycles. The van der Waals surface area contributed by atoms with Gasteiger partial charge in [-0.05, 0) is 36.6 Å². The Morgan fingerprint density at radius 2 is 2.12 bits per heavy atom. The van der Waals surface area contributed by atoms with Crippen molar-refractivity contribution in [2.24, 2.45) is 13.0 Å². The predicted octanol–water partition coefficient (Wildman–Crippen LogP) is 3.59. The fraction of sp³-hybridized carbons (Fsp3) is 0.316. The molecule has 0 saturated carbocycles. The molecule has 1 atom stereocenters. The molecular weight excluding hydrogens is 316 g/mol. The van der Waals surface area contributed by atoms with Gasteiger partial charge in [-0.15, -0.1) is 0 Å². The molecule has 0 bridgehead atoms. The van der Waals surface area contributed by atoms with Gasteiger partial charge in [0.25, 0.3) is 5.91 Å². The van der Waals surface area contributed by atoms with Crippen molar-refractivity contribution in [2.75, 3.05) is 0 Å². The Morgan fingerprint density at radius 3 is 2.76 bits per heavy atom. The molecule has 3 aromatic rings. The van der Waals surface area contributed by atoms with E-state index in [1.54, 1.807) is 17.0 Å². The van der Waals surface area contributed by atoms with Gasteiger partial charge in [-0.25, -0.2) is 4.98 Å². The van der Waals surface area contributed by atoms with E-state index >= 15 is 0 Å². The average Bonchev–Trinajstić information content (AvgIpc) is 3.25. The minimum atomic E-state index is -0.188. The topological polar surface area (TPSA) is 73.0 Å². The van der Waals surface area contributed by atoms with E-state index in [0.717, 1.165) is 23.6 Å². The molecule has 0 saturated heterocycles. The number of benzene rings is 1. The lowest BCUT2D eigenvalue weighted by Crippen LogP contribution is -2.31. The molecule has 1 N–H and O–H groups in total. The molecule has 3 rings (SSSR count). The summed E-state index contributed by atoms with van der Waals surface area (Å²) in [5.74, 6) is 1.77. The Balaban J connectivity index is 1.82. The maximum atomic E-state index is 12.8. The zero-order valence-electron chi connectivity index (χ0n) is 14.6. The van der Waals surface area contributed by atoms with Crippen LogP contribution in [-0.4, -0.2) is 20.7 Å². The molecule has 0 aliphatic heterocycles. The van der Waals surface area contributed by atoms with Crippen molar-refractivity contribution < 1.29 is 9.21 Å². The zero-order valence-corrected chi connectivity index (χ0v) is 14.6. The van der Waals surface area contributed by atoms with Gasteiger partial charge in [0.2, 0.25) is 0 Å². The first kappa shape index (κ1) is 17.0. The normalized spacial score (nSPS) is 12.3. The lowest BCUT2D eigenvalue weighted by Gasteiger charge is -2.20. The van der Waals surface area contributed by atoms with Gasteiger partial charge in [0.05, 0.1) is 12.3 Å².